The second kappa shape index (κ2) is 9.53. The molecule has 3 unspecified atom stereocenters. The Morgan fingerprint density at radius 1 is 1.26 bits per heavy atom. The highest BCUT2D eigenvalue weighted by Gasteiger charge is 2.32. The molecular weight excluding hydrogens is 454 g/mol. The highest BCUT2D eigenvalue weighted by atomic mass is 32.1. The number of carbonyl (C=O) groups excluding carboxylic acids is 2. The minimum absolute atomic E-state index is 0.0217. The number of amides is 2. The fourth-order valence-electron chi connectivity index (χ4n) is 4.03. The van der Waals surface area contributed by atoms with Gasteiger partial charge >= 0.3 is 0 Å². The number of nitrogens with zero attached hydrogens (tertiary/aromatic N) is 3. The number of carbonyl (C=O) groups is 2. The maximum absolute atomic E-state index is 13.3. The van der Waals surface area contributed by atoms with E-state index in [2.05, 4.69) is 20.6 Å². The summed E-state index contributed by atoms with van der Waals surface area (Å²) in [6.45, 7) is 6.60. The zero-order chi connectivity index (χ0) is 24.6. The Balaban J connectivity index is 1.60. The van der Waals surface area contributed by atoms with Crippen LogP contribution >= 0.6 is 11.3 Å². The fraction of sp³-hybridized carbons (Fsp3) is 0.391. The third-order valence-corrected chi connectivity index (χ3v) is 6.88. The number of nitrogen functional groups attached to an aromatic ring is 1. The topological polar surface area (TPSA) is 159 Å². The Morgan fingerprint density at radius 2 is 2.03 bits per heavy atom. The summed E-state index contributed by atoms with van der Waals surface area (Å²) in [4.78, 5) is 35.9. The first kappa shape index (κ1) is 23.9. The van der Waals surface area contributed by atoms with E-state index in [1.165, 1.54) is 17.5 Å². The Bertz CT molecular complexity index is 1220. The van der Waals surface area contributed by atoms with Crippen LogP contribution in [0.5, 0.6) is 0 Å². The minimum atomic E-state index is -0.575. The number of pyridine rings is 2. The number of aliphatic hydroxyl groups is 1. The molecule has 3 aromatic heterocycles. The molecule has 34 heavy (non-hydrogen) atoms. The van der Waals surface area contributed by atoms with Crippen molar-refractivity contribution in [1.29, 1.82) is 0 Å². The van der Waals surface area contributed by atoms with Crippen molar-refractivity contribution in [1.82, 2.24) is 9.97 Å². The van der Waals surface area contributed by atoms with E-state index in [4.69, 9.17) is 11.5 Å². The molecule has 180 valence electrons. The van der Waals surface area contributed by atoms with Crippen LogP contribution in [0.1, 0.15) is 31.1 Å². The summed E-state index contributed by atoms with van der Waals surface area (Å²) in [5, 5.41) is 16.3. The number of rotatable bonds is 5. The number of anilines is 4. The second-order valence-electron chi connectivity index (χ2n) is 8.94. The van der Waals surface area contributed by atoms with Crippen molar-refractivity contribution in [3.63, 3.8) is 0 Å². The van der Waals surface area contributed by atoms with E-state index >= 15 is 0 Å². The summed E-state index contributed by atoms with van der Waals surface area (Å²) in [5.41, 5.74) is 14.9. The molecule has 1 saturated heterocycles. The van der Waals surface area contributed by atoms with E-state index in [1.54, 1.807) is 32.3 Å². The molecule has 1 fully saturated rings. The van der Waals surface area contributed by atoms with Gasteiger partial charge in [-0.3, -0.25) is 19.6 Å². The predicted octanol–water partition coefficient (Wildman–Crippen LogP) is 2.26. The summed E-state index contributed by atoms with van der Waals surface area (Å²) < 4.78 is 0.695. The Hall–Kier alpha value is -3.28. The van der Waals surface area contributed by atoms with Crippen LogP contribution in [0.3, 0.4) is 0 Å². The molecule has 3 aromatic rings. The average molecular weight is 484 g/mol. The van der Waals surface area contributed by atoms with Crippen molar-refractivity contribution in [2.24, 2.45) is 17.6 Å². The summed E-state index contributed by atoms with van der Waals surface area (Å²) >= 11 is 1.23. The monoisotopic (exact) mass is 483 g/mol. The van der Waals surface area contributed by atoms with Crippen molar-refractivity contribution in [2.45, 2.75) is 32.9 Å². The smallest absolute Gasteiger partial charge is 0.260 e. The maximum Gasteiger partial charge on any atom is 0.260 e. The van der Waals surface area contributed by atoms with Gasteiger partial charge in [0.1, 0.15) is 10.6 Å². The van der Waals surface area contributed by atoms with Gasteiger partial charge < -0.3 is 32.1 Å². The van der Waals surface area contributed by atoms with Crippen LogP contribution in [-0.2, 0) is 4.79 Å². The molecule has 11 heteroatoms. The van der Waals surface area contributed by atoms with Crippen molar-refractivity contribution >= 4 is 55.4 Å². The number of thiophene rings is 1. The van der Waals surface area contributed by atoms with Crippen LogP contribution in [0.25, 0.3) is 10.2 Å². The molecule has 2 amide bonds. The van der Waals surface area contributed by atoms with E-state index in [-0.39, 0.29) is 23.3 Å². The molecule has 10 nitrogen and oxygen atoms in total. The van der Waals surface area contributed by atoms with Crippen molar-refractivity contribution in [2.75, 3.05) is 34.4 Å². The number of nitrogens with two attached hydrogens (primary N) is 2. The van der Waals surface area contributed by atoms with Crippen molar-refractivity contribution < 1.29 is 14.7 Å². The number of nitrogens with one attached hydrogen (secondary N) is 2. The maximum atomic E-state index is 13.3. The average Bonchev–Trinajstić information content (AvgIpc) is 3.12. The standard InChI is InChI=1S/C23H29N7O3S/c1-11(2)22(32)28-13-6-17-19(27-7-13)18(21(25)34-17)23(33)29-15-8-26-5-4-16(15)30-9-12(3)20(31)14(24)10-30/h4-8,11-12,14,20,31H,9-10,24-25H2,1-3H3,(H,28,32)(H,29,33). The third kappa shape index (κ3) is 4.67. The zero-order valence-corrected chi connectivity index (χ0v) is 20.1. The Labute approximate surface area is 201 Å². The van der Waals surface area contributed by atoms with Gasteiger partial charge in [0.15, 0.2) is 0 Å². The van der Waals surface area contributed by atoms with Crippen LogP contribution in [-0.4, -0.2) is 52.1 Å². The fourth-order valence-corrected chi connectivity index (χ4v) is 4.99. The third-order valence-electron chi connectivity index (χ3n) is 5.92. The van der Waals surface area contributed by atoms with Crippen LogP contribution in [0.2, 0.25) is 0 Å². The molecule has 0 aliphatic carbocycles. The van der Waals surface area contributed by atoms with Gasteiger partial charge in [-0.05, 0) is 12.1 Å². The number of aliphatic hydroxyl groups excluding tert-OH is 1. The van der Waals surface area contributed by atoms with Gasteiger partial charge in [0, 0.05) is 37.2 Å². The first-order valence-electron chi connectivity index (χ1n) is 11.1. The zero-order valence-electron chi connectivity index (χ0n) is 19.3. The minimum Gasteiger partial charge on any atom is -0.391 e. The number of hydrogen-bond acceptors (Lipinski definition) is 9. The first-order valence-corrected chi connectivity index (χ1v) is 11.9. The number of hydrogen-bond donors (Lipinski definition) is 5. The lowest BCUT2D eigenvalue weighted by molar-refractivity contribution is -0.118. The van der Waals surface area contributed by atoms with Crippen LogP contribution in [0, 0.1) is 11.8 Å². The van der Waals surface area contributed by atoms with Crippen LogP contribution < -0.4 is 27.0 Å². The van der Waals surface area contributed by atoms with Crippen LogP contribution in [0.4, 0.5) is 22.1 Å². The summed E-state index contributed by atoms with van der Waals surface area (Å²) in [7, 11) is 0. The molecule has 0 saturated carbocycles. The normalized spacial score (nSPS) is 20.5. The molecule has 3 atom stereocenters. The molecule has 4 heterocycles. The quantitative estimate of drug-likeness (QED) is 0.369. The molecule has 0 bridgehead atoms. The molecule has 0 radical (unpaired) electrons. The molecular formula is C23H29N7O3S. The van der Waals surface area contributed by atoms with Gasteiger partial charge in [-0.25, -0.2) is 0 Å². The SMILES string of the molecule is CC(C)C(=O)Nc1cnc2c(C(=O)Nc3cnccc3N3CC(C)C(O)C(N)C3)c(N)sc2c1. The van der Waals surface area contributed by atoms with E-state index in [0.717, 1.165) is 5.69 Å². The Kier molecular flexibility index (Phi) is 6.69. The Morgan fingerprint density at radius 3 is 2.74 bits per heavy atom. The van der Waals surface area contributed by atoms with E-state index in [0.29, 0.717) is 39.7 Å². The first-order chi connectivity index (χ1) is 16.2. The number of aromatic nitrogens is 2. The summed E-state index contributed by atoms with van der Waals surface area (Å²) in [6.07, 6.45) is 4.17. The van der Waals surface area contributed by atoms with Gasteiger partial charge in [0.2, 0.25) is 5.91 Å². The summed E-state index contributed by atoms with van der Waals surface area (Å²) in [5.74, 6) is -0.711. The molecule has 0 aromatic carbocycles. The van der Waals surface area contributed by atoms with E-state index in [9.17, 15) is 14.7 Å². The largest absolute Gasteiger partial charge is 0.391 e. The van der Waals surface area contributed by atoms with Crippen molar-refractivity contribution in [3.05, 3.63) is 36.3 Å². The highest BCUT2D eigenvalue weighted by molar-refractivity contribution is 7.23. The lowest BCUT2D eigenvalue weighted by Gasteiger charge is -2.40. The molecule has 4 rings (SSSR count). The van der Waals surface area contributed by atoms with Crippen LogP contribution in [0.15, 0.2) is 30.7 Å². The van der Waals surface area contributed by atoms with Crippen molar-refractivity contribution in [3.8, 4) is 0 Å². The van der Waals surface area contributed by atoms with E-state index in [1.807, 2.05) is 17.9 Å². The predicted molar refractivity (Wildman–Crippen MR) is 135 cm³/mol. The second-order valence-corrected chi connectivity index (χ2v) is 10.0. The van der Waals surface area contributed by atoms with E-state index < -0.39 is 18.1 Å². The molecule has 1 aliphatic rings. The molecule has 1 aliphatic heterocycles. The summed E-state index contributed by atoms with van der Waals surface area (Å²) in [6, 6.07) is 3.17. The van der Waals surface area contributed by atoms with Gasteiger partial charge in [0.25, 0.3) is 5.91 Å². The van der Waals surface area contributed by atoms with Gasteiger partial charge in [0.05, 0.1) is 45.8 Å². The van der Waals surface area contributed by atoms with Gasteiger partial charge in [-0.15, -0.1) is 11.3 Å². The number of piperidine rings is 1. The molecule has 0 spiro atoms. The lowest BCUT2D eigenvalue weighted by Crippen LogP contribution is -2.55. The lowest BCUT2D eigenvalue weighted by atomic mass is 9.92. The molecule has 7 N–H and O–H groups in total. The highest BCUT2D eigenvalue weighted by Crippen LogP contribution is 2.35. The van der Waals surface area contributed by atoms with Gasteiger partial charge in [-0.1, -0.05) is 20.8 Å². The number of fused-ring (bicyclic) bond motifs is 1. The van der Waals surface area contributed by atoms with Gasteiger partial charge in [-0.2, -0.15) is 0 Å².